The van der Waals surface area contributed by atoms with Gasteiger partial charge in [0.15, 0.2) is 5.13 Å². The summed E-state index contributed by atoms with van der Waals surface area (Å²) < 4.78 is 26.6. The van der Waals surface area contributed by atoms with Gasteiger partial charge in [0.05, 0.1) is 0 Å². The summed E-state index contributed by atoms with van der Waals surface area (Å²) in [6, 6.07) is 5.96. The fourth-order valence-corrected chi connectivity index (χ4v) is 2.07. The maximum absolute atomic E-state index is 13.1. The standard InChI is InChI=1S/C9H3F2NS/c10-6-2-1-3-7-8(6)5(4-12)9(11)13-7/h1-3H. The van der Waals surface area contributed by atoms with E-state index in [2.05, 4.69) is 0 Å². The van der Waals surface area contributed by atoms with Gasteiger partial charge in [-0.15, -0.1) is 11.3 Å². The molecular weight excluding hydrogens is 192 g/mol. The van der Waals surface area contributed by atoms with Crippen LogP contribution in [0.25, 0.3) is 10.1 Å². The van der Waals surface area contributed by atoms with Gasteiger partial charge in [0.25, 0.3) is 0 Å². The topological polar surface area (TPSA) is 23.8 Å². The van der Waals surface area contributed by atoms with Crippen LogP contribution in [-0.2, 0) is 0 Å². The smallest absolute Gasteiger partial charge is 0.195 e. The second kappa shape index (κ2) is 2.79. The van der Waals surface area contributed by atoms with E-state index in [1.165, 1.54) is 12.1 Å². The van der Waals surface area contributed by atoms with Gasteiger partial charge in [0.1, 0.15) is 17.4 Å². The second-order valence-corrected chi connectivity index (χ2v) is 3.48. The average molecular weight is 195 g/mol. The van der Waals surface area contributed by atoms with E-state index in [1.807, 2.05) is 0 Å². The minimum Gasteiger partial charge on any atom is -0.206 e. The van der Waals surface area contributed by atoms with Crippen molar-refractivity contribution in [2.75, 3.05) is 0 Å². The van der Waals surface area contributed by atoms with E-state index >= 15 is 0 Å². The molecule has 0 aliphatic heterocycles. The Hall–Kier alpha value is -1.47. The van der Waals surface area contributed by atoms with Gasteiger partial charge in [-0.05, 0) is 12.1 Å². The minimum atomic E-state index is -0.623. The van der Waals surface area contributed by atoms with Crippen molar-refractivity contribution in [3.05, 3.63) is 34.7 Å². The molecule has 0 fully saturated rings. The number of nitrogens with zero attached hydrogens (tertiary/aromatic N) is 1. The molecule has 1 aromatic heterocycles. The summed E-state index contributed by atoms with van der Waals surface area (Å²) in [4.78, 5) is 0. The molecule has 0 aliphatic carbocycles. The van der Waals surface area contributed by atoms with E-state index in [0.29, 0.717) is 4.70 Å². The molecule has 0 spiro atoms. The van der Waals surface area contributed by atoms with Crippen LogP contribution in [0.4, 0.5) is 8.78 Å². The van der Waals surface area contributed by atoms with Gasteiger partial charge < -0.3 is 0 Å². The van der Waals surface area contributed by atoms with Crippen LogP contribution in [0.2, 0.25) is 0 Å². The van der Waals surface area contributed by atoms with Gasteiger partial charge >= 0.3 is 0 Å². The Morgan fingerprint density at radius 2 is 2.08 bits per heavy atom. The summed E-state index contributed by atoms with van der Waals surface area (Å²) in [5.74, 6) is -0.547. The number of hydrogen-bond acceptors (Lipinski definition) is 2. The SMILES string of the molecule is N#Cc1c(F)sc2cccc(F)c12. The largest absolute Gasteiger partial charge is 0.206 e. The highest BCUT2D eigenvalue weighted by molar-refractivity contribution is 7.17. The zero-order valence-electron chi connectivity index (χ0n) is 6.34. The normalized spacial score (nSPS) is 10.2. The summed E-state index contributed by atoms with van der Waals surface area (Å²) in [7, 11) is 0. The molecule has 0 saturated heterocycles. The fraction of sp³-hybridized carbons (Fsp3) is 0. The zero-order valence-corrected chi connectivity index (χ0v) is 7.16. The molecule has 0 N–H and O–H groups in total. The Balaban J connectivity index is 2.99. The molecule has 2 aromatic rings. The molecule has 4 heteroatoms. The molecule has 1 nitrogen and oxygen atoms in total. The molecule has 0 unspecified atom stereocenters. The molecule has 1 heterocycles. The maximum atomic E-state index is 13.1. The number of nitriles is 1. The highest BCUT2D eigenvalue weighted by atomic mass is 32.1. The van der Waals surface area contributed by atoms with Crippen molar-refractivity contribution in [1.82, 2.24) is 0 Å². The van der Waals surface area contributed by atoms with E-state index in [1.54, 1.807) is 12.1 Å². The predicted octanol–water partition coefficient (Wildman–Crippen LogP) is 3.05. The van der Waals surface area contributed by atoms with Crippen molar-refractivity contribution in [2.45, 2.75) is 0 Å². The van der Waals surface area contributed by atoms with Crippen LogP contribution in [0.3, 0.4) is 0 Å². The molecule has 64 valence electrons. The predicted molar refractivity (Wildman–Crippen MR) is 46.5 cm³/mol. The van der Waals surface area contributed by atoms with Crippen LogP contribution in [0.15, 0.2) is 18.2 Å². The molecule has 0 atom stereocenters. The Labute approximate surface area is 76.8 Å². The Bertz CT molecular complexity index is 510. The maximum Gasteiger partial charge on any atom is 0.195 e. The zero-order chi connectivity index (χ0) is 9.42. The summed E-state index contributed by atoms with van der Waals surface area (Å²) >= 11 is 0.788. The van der Waals surface area contributed by atoms with Crippen LogP contribution in [-0.4, -0.2) is 0 Å². The van der Waals surface area contributed by atoms with Crippen LogP contribution < -0.4 is 0 Å². The first-order chi connectivity index (χ1) is 6.24. The first kappa shape index (κ1) is 8.14. The molecule has 13 heavy (non-hydrogen) atoms. The monoisotopic (exact) mass is 195 g/mol. The Morgan fingerprint density at radius 3 is 2.77 bits per heavy atom. The lowest BCUT2D eigenvalue weighted by atomic mass is 10.2. The molecule has 0 radical (unpaired) electrons. The van der Waals surface area contributed by atoms with Gasteiger partial charge in [-0.3, -0.25) is 0 Å². The second-order valence-electron chi connectivity index (χ2n) is 2.48. The number of hydrogen-bond donors (Lipinski definition) is 0. The average Bonchev–Trinajstić information content (AvgIpc) is 2.42. The Morgan fingerprint density at radius 1 is 1.31 bits per heavy atom. The van der Waals surface area contributed by atoms with E-state index in [4.69, 9.17) is 5.26 Å². The van der Waals surface area contributed by atoms with Crippen molar-refractivity contribution in [1.29, 1.82) is 5.26 Å². The van der Waals surface area contributed by atoms with E-state index in [0.717, 1.165) is 11.3 Å². The number of thiophene rings is 1. The quantitative estimate of drug-likeness (QED) is 0.633. The Kier molecular flexibility index (Phi) is 1.74. The highest BCUT2D eigenvalue weighted by Gasteiger charge is 2.14. The van der Waals surface area contributed by atoms with Crippen LogP contribution >= 0.6 is 11.3 Å². The molecule has 0 amide bonds. The van der Waals surface area contributed by atoms with Gasteiger partial charge in [-0.1, -0.05) is 6.07 Å². The van der Waals surface area contributed by atoms with Crippen molar-refractivity contribution in [3.8, 4) is 6.07 Å². The highest BCUT2D eigenvalue weighted by Crippen LogP contribution is 2.30. The third-order valence-electron chi connectivity index (χ3n) is 1.73. The summed E-state index contributed by atoms with van der Waals surface area (Å²) in [6.07, 6.45) is 0. The summed E-state index contributed by atoms with van der Waals surface area (Å²) in [6.45, 7) is 0. The third kappa shape index (κ3) is 1.09. The van der Waals surface area contributed by atoms with Gasteiger partial charge in [-0.2, -0.15) is 9.65 Å². The molecule has 0 bridgehead atoms. The first-order valence-corrected chi connectivity index (χ1v) is 4.32. The number of benzene rings is 1. The van der Waals surface area contributed by atoms with E-state index < -0.39 is 10.9 Å². The molecular formula is C9H3F2NS. The van der Waals surface area contributed by atoms with Gasteiger partial charge in [0.2, 0.25) is 0 Å². The fourth-order valence-electron chi connectivity index (χ4n) is 1.18. The molecule has 2 rings (SSSR count). The van der Waals surface area contributed by atoms with Crippen molar-refractivity contribution in [3.63, 3.8) is 0 Å². The number of fused-ring (bicyclic) bond motifs is 1. The summed E-state index contributed by atoms with van der Waals surface area (Å²) in [5, 5.41) is 8.05. The number of halogens is 2. The molecule has 1 aromatic carbocycles. The van der Waals surface area contributed by atoms with Crippen LogP contribution in [0, 0.1) is 22.3 Å². The molecule has 0 saturated carbocycles. The van der Waals surface area contributed by atoms with Crippen molar-refractivity contribution < 1.29 is 8.78 Å². The van der Waals surface area contributed by atoms with Crippen molar-refractivity contribution in [2.24, 2.45) is 0 Å². The van der Waals surface area contributed by atoms with E-state index in [-0.39, 0.29) is 10.9 Å². The van der Waals surface area contributed by atoms with Gasteiger partial charge in [-0.25, -0.2) is 4.39 Å². The van der Waals surface area contributed by atoms with Gasteiger partial charge in [0, 0.05) is 10.1 Å². The third-order valence-corrected chi connectivity index (χ3v) is 2.68. The number of rotatable bonds is 0. The minimum absolute atomic E-state index is 0.0903. The first-order valence-electron chi connectivity index (χ1n) is 3.50. The molecule has 0 aliphatic rings. The van der Waals surface area contributed by atoms with Crippen molar-refractivity contribution >= 4 is 21.4 Å². The van der Waals surface area contributed by atoms with Crippen LogP contribution in [0.1, 0.15) is 5.56 Å². The lowest BCUT2D eigenvalue weighted by Gasteiger charge is -1.90. The van der Waals surface area contributed by atoms with E-state index in [9.17, 15) is 8.78 Å². The van der Waals surface area contributed by atoms with Crippen LogP contribution in [0.5, 0.6) is 0 Å². The lowest BCUT2D eigenvalue weighted by Crippen LogP contribution is -1.78. The lowest BCUT2D eigenvalue weighted by molar-refractivity contribution is 0.635. The summed E-state index contributed by atoms with van der Waals surface area (Å²) in [5.41, 5.74) is -0.196.